The molecule has 226 valence electrons. The number of hydrogen-bond donors (Lipinski definition) is 2. The van der Waals surface area contributed by atoms with E-state index in [0.29, 0.717) is 18.7 Å². The summed E-state index contributed by atoms with van der Waals surface area (Å²) >= 11 is 1.58. The lowest BCUT2D eigenvalue weighted by Gasteiger charge is -2.25. The highest BCUT2D eigenvalue weighted by molar-refractivity contribution is 7.18. The van der Waals surface area contributed by atoms with Crippen molar-refractivity contribution in [3.63, 3.8) is 0 Å². The third-order valence-corrected chi connectivity index (χ3v) is 8.41. The van der Waals surface area contributed by atoms with Gasteiger partial charge in [0, 0.05) is 45.6 Å². The Morgan fingerprint density at radius 3 is 2.56 bits per heavy atom. The number of aryl methyl sites for hydroxylation is 1. The van der Waals surface area contributed by atoms with Crippen molar-refractivity contribution >= 4 is 56.8 Å². The first-order valence-corrected chi connectivity index (χ1v) is 15.3. The molecule has 1 aromatic carbocycles. The van der Waals surface area contributed by atoms with Crippen LogP contribution in [0.3, 0.4) is 0 Å². The third kappa shape index (κ3) is 7.34. The average Bonchev–Trinajstić information content (AvgIpc) is 3.63. The van der Waals surface area contributed by atoms with E-state index in [1.165, 1.54) is 23.2 Å². The van der Waals surface area contributed by atoms with E-state index in [0.717, 1.165) is 54.0 Å². The maximum absolute atomic E-state index is 13.6. The minimum atomic E-state index is -0.778. The van der Waals surface area contributed by atoms with Gasteiger partial charge in [-0.2, -0.15) is 0 Å². The third-order valence-electron chi connectivity index (χ3n) is 7.46. The van der Waals surface area contributed by atoms with Gasteiger partial charge in [0.1, 0.15) is 11.7 Å². The predicted molar refractivity (Wildman–Crippen MR) is 165 cm³/mol. The van der Waals surface area contributed by atoms with Gasteiger partial charge >= 0.3 is 0 Å². The molecule has 2 aliphatic heterocycles. The number of amides is 4. The summed E-state index contributed by atoms with van der Waals surface area (Å²) in [7, 11) is 3.25. The highest BCUT2D eigenvalue weighted by Crippen LogP contribution is 2.25. The van der Waals surface area contributed by atoms with Crippen molar-refractivity contribution in [3.8, 4) is 0 Å². The van der Waals surface area contributed by atoms with Crippen molar-refractivity contribution < 1.29 is 19.2 Å². The lowest BCUT2D eigenvalue weighted by molar-refractivity contribution is -0.140. The van der Waals surface area contributed by atoms with Crippen LogP contribution in [-0.2, 0) is 9.59 Å². The number of carbonyl (C=O) groups excluding carboxylic acids is 4. The summed E-state index contributed by atoms with van der Waals surface area (Å²) in [6, 6.07) is 7.89. The fourth-order valence-corrected chi connectivity index (χ4v) is 5.97. The second-order valence-electron chi connectivity index (χ2n) is 11.0. The molecule has 13 heteroatoms. The minimum absolute atomic E-state index is 0.0313. The van der Waals surface area contributed by atoms with E-state index in [1.807, 2.05) is 30.0 Å². The summed E-state index contributed by atoms with van der Waals surface area (Å²) < 4.78 is 1.03. The van der Waals surface area contributed by atoms with E-state index >= 15 is 0 Å². The number of benzene rings is 1. The second-order valence-corrected chi connectivity index (χ2v) is 12.2. The lowest BCUT2D eigenvalue weighted by atomic mass is 10.1. The van der Waals surface area contributed by atoms with Gasteiger partial charge in [-0.3, -0.25) is 29.5 Å². The SMILES string of the molecule is Cc1nc2cc(NC(=N[C@H]3CCCCN(CC(=O)N4CCCC4)C3=O)NC(=O)c3ccc(C(=O)N(C)C)nc3)ccc2s1. The molecule has 5 rings (SSSR count). The van der Waals surface area contributed by atoms with Gasteiger partial charge in [-0.1, -0.05) is 0 Å². The van der Waals surface area contributed by atoms with Gasteiger partial charge in [0.05, 0.1) is 27.3 Å². The number of aromatic nitrogens is 2. The number of anilines is 1. The summed E-state index contributed by atoms with van der Waals surface area (Å²) in [5, 5.41) is 6.90. The van der Waals surface area contributed by atoms with Gasteiger partial charge in [-0.15, -0.1) is 11.3 Å². The Balaban J connectivity index is 1.39. The number of hydrogen-bond acceptors (Lipinski definition) is 8. The Hall–Kier alpha value is -4.39. The van der Waals surface area contributed by atoms with Crippen molar-refractivity contribution in [2.75, 3.05) is 45.6 Å². The maximum Gasteiger partial charge on any atom is 0.271 e. The summed E-state index contributed by atoms with van der Waals surface area (Å²) in [4.78, 5) is 70.2. The Labute approximate surface area is 254 Å². The van der Waals surface area contributed by atoms with Crippen LogP contribution in [-0.4, -0.2) is 101 Å². The molecule has 4 amide bonds. The van der Waals surface area contributed by atoms with Gasteiger partial charge in [-0.25, -0.2) is 9.98 Å². The Bertz CT molecular complexity index is 1550. The number of thiazole rings is 1. The maximum atomic E-state index is 13.6. The zero-order chi connectivity index (χ0) is 30.5. The highest BCUT2D eigenvalue weighted by Gasteiger charge is 2.30. The van der Waals surface area contributed by atoms with Crippen LogP contribution in [0.1, 0.15) is 58.0 Å². The fraction of sp³-hybridized carbons (Fsp3) is 0.433. The van der Waals surface area contributed by atoms with Crippen molar-refractivity contribution in [2.45, 2.75) is 45.1 Å². The summed E-state index contributed by atoms with van der Waals surface area (Å²) in [6.45, 7) is 3.91. The number of guanidine groups is 1. The number of pyridine rings is 1. The molecule has 2 saturated heterocycles. The van der Waals surface area contributed by atoms with Crippen LogP contribution in [0.25, 0.3) is 10.2 Å². The number of rotatable bonds is 6. The molecule has 3 aromatic rings. The van der Waals surface area contributed by atoms with Gasteiger partial charge in [0.2, 0.25) is 17.8 Å². The highest BCUT2D eigenvalue weighted by atomic mass is 32.1. The van der Waals surface area contributed by atoms with Crippen LogP contribution in [0, 0.1) is 6.92 Å². The van der Waals surface area contributed by atoms with E-state index in [-0.39, 0.29) is 41.5 Å². The molecule has 2 N–H and O–H groups in total. The van der Waals surface area contributed by atoms with Crippen molar-refractivity contribution in [2.24, 2.45) is 4.99 Å². The van der Waals surface area contributed by atoms with Crippen LogP contribution in [0.15, 0.2) is 41.5 Å². The minimum Gasteiger partial charge on any atom is -0.343 e. The quantitative estimate of drug-likeness (QED) is 0.326. The molecule has 0 unspecified atom stereocenters. The van der Waals surface area contributed by atoms with Crippen molar-refractivity contribution in [1.29, 1.82) is 0 Å². The lowest BCUT2D eigenvalue weighted by Crippen LogP contribution is -2.45. The first-order chi connectivity index (χ1) is 20.7. The topological polar surface area (TPSA) is 140 Å². The molecular weight excluding hydrogens is 568 g/mol. The zero-order valence-corrected chi connectivity index (χ0v) is 25.4. The molecule has 0 aliphatic carbocycles. The van der Waals surface area contributed by atoms with Gasteiger partial charge in [-0.05, 0) is 69.4 Å². The molecule has 0 radical (unpaired) electrons. The second kappa shape index (κ2) is 13.3. The number of fused-ring (bicyclic) bond motifs is 1. The van der Waals surface area contributed by atoms with Crippen molar-refractivity contribution in [3.05, 3.63) is 52.8 Å². The molecule has 0 spiro atoms. The fourth-order valence-electron chi connectivity index (χ4n) is 5.16. The largest absolute Gasteiger partial charge is 0.343 e. The van der Waals surface area contributed by atoms with Gasteiger partial charge in [0.25, 0.3) is 11.8 Å². The monoisotopic (exact) mass is 604 g/mol. The van der Waals surface area contributed by atoms with Crippen molar-refractivity contribution in [1.82, 2.24) is 30.0 Å². The van der Waals surface area contributed by atoms with Gasteiger partial charge < -0.3 is 20.0 Å². The Morgan fingerprint density at radius 2 is 1.84 bits per heavy atom. The molecule has 43 heavy (non-hydrogen) atoms. The summed E-state index contributed by atoms with van der Waals surface area (Å²) in [6.07, 6.45) is 5.31. The first kappa shape index (κ1) is 30.1. The number of likely N-dealkylation sites (tertiary alicyclic amines) is 2. The summed E-state index contributed by atoms with van der Waals surface area (Å²) in [5.41, 5.74) is 1.89. The number of nitrogens with one attached hydrogen (secondary N) is 2. The van der Waals surface area contributed by atoms with Crippen LogP contribution in [0.5, 0.6) is 0 Å². The summed E-state index contributed by atoms with van der Waals surface area (Å²) in [5.74, 6) is -0.968. The zero-order valence-electron chi connectivity index (χ0n) is 24.6. The number of carbonyl (C=O) groups is 4. The van der Waals surface area contributed by atoms with Crippen LogP contribution in [0.4, 0.5) is 5.69 Å². The van der Waals surface area contributed by atoms with Gasteiger partial charge in [0.15, 0.2) is 0 Å². The van der Waals surface area contributed by atoms with E-state index in [1.54, 1.807) is 30.3 Å². The Kier molecular flexibility index (Phi) is 9.29. The first-order valence-electron chi connectivity index (χ1n) is 14.5. The molecule has 0 saturated carbocycles. The molecule has 2 aromatic heterocycles. The predicted octanol–water partition coefficient (Wildman–Crippen LogP) is 2.90. The Morgan fingerprint density at radius 1 is 1.07 bits per heavy atom. The molecule has 2 fully saturated rings. The number of aliphatic imine (C=N–C) groups is 1. The van der Waals surface area contributed by atoms with E-state index in [9.17, 15) is 19.2 Å². The van der Waals surface area contributed by atoms with Crippen LogP contribution in [0.2, 0.25) is 0 Å². The average molecular weight is 605 g/mol. The molecular formula is C30H36N8O4S. The molecule has 12 nitrogen and oxygen atoms in total. The standard InChI is InChI=1S/C30H36N8O4S/c1-19-32-24-16-21(10-12-25(24)43-19)33-30(35-27(40)20-9-11-22(31-17-20)28(41)36(2)3)34-23-8-4-5-15-38(29(23)42)18-26(39)37-13-6-7-14-37/h9-12,16-17,23H,4-8,13-15,18H2,1-3H3,(H2,33,34,35,40)/t23-/m0/s1. The molecule has 2 aliphatic rings. The van der Waals surface area contributed by atoms with E-state index in [4.69, 9.17) is 4.99 Å². The number of nitrogens with zero attached hydrogens (tertiary/aromatic N) is 6. The van der Waals surface area contributed by atoms with Crippen LogP contribution < -0.4 is 10.6 Å². The molecule has 4 heterocycles. The van der Waals surface area contributed by atoms with Crippen LogP contribution >= 0.6 is 11.3 Å². The van der Waals surface area contributed by atoms with E-state index in [2.05, 4.69) is 20.6 Å². The molecule has 0 bridgehead atoms. The smallest absolute Gasteiger partial charge is 0.271 e. The van der Waals surface area contributed by atoms with E-state index < -0.39 is 11.9 Å². The molecule has 1 atom stereocenters. The normalized spacial score (nSPS) is 17.6.